The summed E-state index contributed by atoms with van der Waals surface area (Å²) < 4.78 is 15.2. The monoisotopic (exact) mass is 256 g/mol. The number of pyridine rings is 1. The smallest absolute Gasteiger partial charge is 0.138 e. The van der Waals surface area contributed by atoms with Gasteiger partial charge in [0, 0.05) is 12.3 Å². The van der Waals surface area contributed by atoms with Crippen LogP contribution in [0.15, 0.2) is 42.6 Å². The second-order valence-corrected chi connectivity index (χ2v) is 4.42. The van der Waals surface area contributed by atoms with Crippen molar-refractivity contribution in [1.82, 2.24) is 14.5 Å². The Balaban J connectivity index is 2.36. The van der Waals surface area contributed by atoms with Crippen molar-refractivity contribution in [1.29, 1.82) is 0 Å². The van der Waals surface area contributed by atoms with Gasteiger partial charge in [0.1, 0.15) is 17.5 Å². The highest BCUT2D eigenvalue weighted by Crippen LogP contribution is 2.24. The lowest BCUT2D eigenvalue weighted by molar-refractivity contribution is 0.629. The van der Waals surface area contributed by atoms with Crippen molar-refractivity contribution in [2.45, 2.75) is 13.0 Å². The van der Waals surface area contributed by atoms with Crippen LogP contribution in [0, 0.1) is 5.82 Å². The molecule has 2 heterocycles. The zero-order valence-corrected chi connectivity index (χ0v) is 10.4. The van der Waals surface area contributed by atoms with Crippen LogP contribution in [0.5, 0.6) is 0 Å². The van der Waals surface area contributed by atoms with Crippen LogP contribution < -0.4 is 5.73 Å². The fourth-order valence-corrected chi connectivity index (χ4v) is 2.10. The van der Waals surface area contributed by atoms with Gasteiger partial charge in [-0.1, -0.05) is 6.07 Å². The molecule has 19 heavy (non-hydrogen) atoms. The molecule has 0 unspecified atom stereocenters. The van der Waals surface area contributed by atoms with E-state index >= 15 is 0 Å². The molecule has 0 spiro atoms. The topological polar surface area (TPSA) is 56.7 Å². The summed E-state index contributed by atoms with van der Waals surface area (Å²) >= 11 is 0. The molecule has 5 heteroatoms. The summed E-state index contributed by atoms with van der Waals surface area (Å²) in [5.74, 6) is 1.04. The molecular formula is C14H13FN4. The first-order chi connectivity index (χ1) is 9.16. The van der Waals surface area contributed by atoms with E-state index in [1.54, 1.807) is 16.8 Å². The molecule has 0 radical (unpaired) electrons. The third kappa shape index (κ3) is 1.98. The molecule has 0 aliphatic carbocycles. The van der Waals surface area contributed by atoms with Crippen LogP contribution >= 0.6 is 0 Å². The summed E-state index contributed by atoms with van der Waals surface area (Å²) in [5.41, 5.74) is 7.33. The number of rotatable bonds is 2. The van der Waals surface area contributed by atoms with Crippen molar-refractivity contribution in [3.63, 3.8) is 0 Å². The first-order valence-electron chi connectivity index (χ1n) is 6.01. The Morgan fingerprint density at radius 3 is 2.79 bits per heavy atom. The highest BCUT2D eigenvalue weighted by Gasteiger charge is 2.16. The summed E-state index contributed by atoms with van der Waals surface area (Å²) in [7, 11) is 0. The minimum Gasteiger partial charge on any atom is -0.322 e. The third-order valence-electron chi connectivity index (χ3n) is 2.93. The Kier molecular flexibility index (Phi) is 2.76. The molecule has 1 aromatic carbocycles. The molecule has 96 valence electrons. The van der Waals surface area contributed by atoms with E-state index in [-0.39, 0.29) is 11.9 Å². The molecule has 3 rings (SSSR count). The molecule has 0 aliphatic heterocycles. The Bertz CT molecular complexity index is 719. The predicted molar refractivity (Wildman–Crippen MR) is 71.4 cm³/mol. The zero-order valence-electron chi connectivity index (χ0n) is 10.4. The standard InChI is InChI=1S/C14H13FN4/c1-9(16)14-18-11-6-5-10(15)8-12(11)19(14)13-4-2-3-7-17-13/h2-9H,16H2,1H3/t9-/m1/s1. The van der Waals surface area contributed by atoms with Gasteiger partial charge in [0.05, 0.1) is 17.1 Å². The molecule has 0 fully saturated rings. The highest BCUT2D eigenvalue weighted by molar-refractivity contribution is 5.78. The molecule has 1 atom stereocenters. The number of benzene rings is 1. The van der Waals surface area contributed by atoms with Gasteiger partial charge in [0.2, 0.25) is 0 Å². The summed E-state index contributed by atoms with van der Waals surface area (Å²) in [4.78, 5) is 8.75. The Hall–Kier alpha value is -2.27. The van der Waals surface area contributed by atoms with Crippen molar-refractivity contribution in [2.75, 3.05) is 0 Å². The SMILES string of the molecule is C[C@@H](N)c1nc2ccc(F)cc2n1-c1ccccn1. The maximum atomic E-state index is 13.4. The molecule has 2 aromatic heterocycles. The van der Waals surface area contributed by atoms with Gasteiger partial charge in [-0.3, -0.25) is 4.57 Å². The Morgan fingerprint density at radius 1 is 1.26 bits per heavy atom. The number of aromatic nitrogens is 3. The average Bonchev–Trinajstić information content (AvgIpc) is 2.78. The maximum Gasteiger partial charge on any atom is 0.138 e. The average molecular weight is 256 g/mol. The van der Waals surface area contributed by atoms with Gasteiger partial charge in [-0.2, -0.15) is 0 Å². The van der Waals surface area contributed by atoms with E-state index in [9.17, 15) is 4.39 Å². The van der Waals surface area contributed by atoms with Gasteiger partial charge in [-0.05, 0) is 31.2 Å². The minimum absolute atomic E-state index is 0.266. The lowest BCUT2D eigenvalue weighted by Gasteiger charge is -2.10. The van der Waals surface area contributed by atoms with Crippen LogP contribution in [0.25, 0.3) is 16.9 Å². The number of hydrogen-bond acceptors (Lipinski definition) is 3. The van der Waals surface area contributed by atoms with E-state index in [4.69, 9.17) is 5.73 Å². The van der Waals surface area contributed by atoms with Gasteiger partial charge in [0.15, 0.2) is 0 Å². The summed E-state index contributed by atoms with van der Waals surface area (Å²) in [6.07, 6.45) is 1.69. The number of fused-ring (bicyclic) bond motifs is 1. The lowest BCUT2D eigenvalue weighted by Crippen LogP contribution is -2.13. The quantitative estimate of drug-likeness (QED) is 0.766. The number of imidazole rings is 1. The van der Waals surface area contributed by atoms with Gasteiger partial charge in [0.25, 0.3) is 0 Å². The van der Waals surface area contributed by atoms with E-state index in [1.807, 2.05) is 25.1 Å². The van der Waals surface area contributed by atoms with Crippen molar-refractivity contribution in [3.8, 4) is 5.82 Å². The number of nitrogens with two attached hydrogens (primary N) is 1. The molecule has 0 amide bonds. The summed E-state index contributed by atoms with van der Waals surface area (Å²) in [5, 5.41) is 0. The van der Waals surface area contributed by atoms with Crippen LogP contribution in [-0.2, 0) is 0 Å². The Morgan fingerprint density at radius 2 is 2.11 bits per heavy atom. The minimum atomic E-state index is -0.305. The van der Waals surface area contributed by atoms with Gasteiger partial charge in [-0.15, -0.1) is 0 Å². The molecule has 0 saturated carbocycles. The van der Waals surface area contributed by atoms with Gasteiger partial charge >= 0.3 is 0 Å². The molecule has 0 aliphatic rings. The molecule has 3 aromatic rings. The van der Waals surface area contributed by atoms with Crippen LogP contribution in [0.1, 0.15) is 18.8 Å². The predicted octanol–water partition coefficient (Wildman–Crippen LogP) is 2.58. The molecule has 0 saturated heterocycles. The van der Waals surface area contributed by atoms with Crippen molar-refractivity contribution in [3.05, 3.63) is 54.2 Å². The lowest BCUT2D eigenvalue weighted by atomic mass is 10.3. The largest absolute Gasteiger partial charge is 0.322 e. The number of hydrogen-bond donors (Lipinski definition) is 1. The Labute approximate surface area is 109 Å². The van der Waals surface area contributed by atoms with E-state index in [0.29, 0.717) is 22.7 Å². The molecule has 0 bridgehead atoms. The number of halogens is 1. The summed E-state index contributed by atoms with van der Waals surface area (Å²) in [6, 6.07) is 9.77. The molecule has 4 nitrogen and oxygen atoms in total. The fourth-order valence-electron chi connectivity index (χ4n) is 2.10. The second-order valence-electron chi connectivity index (χ2n) is 4.42. The summed E-state index contributed by atoms with van der Waals surface area (Å²) in [6.45, 7) is 1.84. The zero-order chi connectivity index (χ0) is 13.4. The second kappa shape index (κ2) is 4.44. The van der Waals surface area contributed by atoms with Crippen LogP contribution in [0.3, 0.4) is 0 Å². The normalized spacial score (nSPS) is 12.8. The van der Waals surface area contributed by atoms with E-state index in [1.165, 1.54) is 12.1 Å². The van der Waals surface area contributed by atoms with Gasteiger partial charge in [-0.25, -0.2) is 14.4 Å². The molecule has 2 N–H and O–H groups in total. The van der Waals surface area contributed by atoms with Crippen molar-refractivity contribution >= 4 is 11.0 Å². The maximum absolute atomic E-state index is 13.4. The van der Waals surface area contributed by atoms with Crippen LogP contribution in [0.2, 0.25) is 0 Å². The van der Waals surface area contributed by atoms with E-state index < -0.39 is 0 Å². The van der Waals surface area contributed by atoms with Crippen LogP contribution in [0.4, 0.5) is 4.39 Å². The number of nitrogens with zero attached hydrogens (tertiary/aromatic N) is 3. The van der Waals surface area contributed by atoms with Gasteiger partial charge < -0.3 is 5.73 Å². The molecular weight excluding hydrogens is 243 g/mol. The third-order valence-corrected chi connectivity index (χ3v) is 2.93. The fraction of sp³-hybridized carbons (Fsp3) is 0.143. The van der Waals surface area contributed by atoms with Crippen molar-refractivity contribution in [2.24, 2.45) is 5.73 Å². The van der Waals surface area contributed by atoms with E-state index in [2.05, 4.69) is 9.97 Å². The van der Waals surface area contributed by atoms with Crippen LogP contribution in [-0.4, -0.2) is 14.5 Å². The van der Waals surface area contributed by atoms with E-state index in [0.717, 1.165) is 0 Å². The highest BCUT2D eigenvalue weighted by atomic mass is 19.1. The first kappa shape index (κ1) is 11.8. The van der Waals surface area contributed by atoms with Crippen molar-refractivity contribution < 1.29 is 4.39 Å². The first-order valence-corrected chi connectivity index (χ1v) is 6.01.